The summed E-state index contributed by atoms with van der Waals surface area (Å²) in [5, 5.41) is 25.4. The van der Waals surface area contributed by atoms with Crippen molar-refractivity contribution in [1.82, 2.24) is 15.2 Å². The minimum Gasteiger partial charge on any atom is -0.465 e. The Hall–Kier alpha value is -4.79. The maximum Gasteiger partial charge on any atom is 0.408 e. The molecule has 4 N–H and O–H groups in total. The molecule has 0 bridgehead atoms. The fraction of sp³-hybridized carbons (Fsp3) is 0.273. The maximum atomic E-state index is 15.4. The number of fused-ring (bicyclic) bond motifs is 1. The van der Waals surface area contributed by atoms with Gasteiger partial charge in [0.05, 0.1) is 16.7 Å². The third kappa shape index (κ3) is 6.18. The van der Waals surface area contributed by atoms with E-state index in [1.54, 1.807) is 24.3 Å². The van der Waals surface area contributed by atoms with E-state index in [-0.39, 0.29) is 51.5 Å². The molecule has 2 heterocycles. The molecule has 0 saturated carbocycles. The summed E-state index contributed by atoms with van der Waals surface area (Å²) in [6.07, 6.45) is -0.168. The Kier molecular flexibility index (Phi) is 8.89. The average Bonchev–Trinajstić information content (AvgIpc) is 3.64. The lowest BCUT2D eigenvalue weighted by molar-refractivity contribution is -0.131. The van der Waals surface area contributed by atoms with Gasteiger partial charge in [-0.3, -0.25) is 14.5 Å². The number of ether oxygens (including phenoxy) is 1. The van der Waals surface area contributed by atoms with Gasteiger partial charge in [-0.05, 0) is 66.8 Å². The van der Waals surface area contributed by atoms with E-state index in [2.05, 4.69) is 15.6 Å². The summed E-state index contributed by atoms with van der Waals surface area (Å²) in [5.74, 6) is -1.88. The van der Waals surface area contributed by atoms with Gasteiger partial charge in [0.1, 0.15) is 17.0 Å². The summed E-state index contributed by atoms with van der Waals surface area (Å²) >= 11 is 12.2. The monoisotopic (exact) mass is 665 g/mol. The Morgan fingerprint density at radius 3 is 2.59 bits per heavy atom. The van der Waals surface area contributed by atoms with E-state index in [9.17, 15) is 24.8 Å². The predicted octanol–water partition coefficient (Wildman–Crippen LogP) is 7.70. The lowest BCUT2D eigenvalue weighted by atomic mass is 9.71. The molecule has 10 nitrogen and oxygen atoms in total. The molecule has 3 aromatic carbocycles. The van der Waals surface area contributed by atoms with Gasteiger partial charge in [-0.15, -0.1) is 0 Å². The summed E-state index contributed by atoms with van der Waals surface area (Å²) in [5.41, 5.74) is -0.315. The number of carboxylic acid groups (broad SMARTS) is 1. The molecule has 0 unspecified atom stereocenters. The van der Waals surface area contributed by atoms with Crippen molar-refractivity contribution in [3.63, 3.8) is 0 Å². The lowest BCUT2D eigenvalue weighted by Crippen LogP contribution is -2.62. The first-order valence-electron chi connectivity index (χ1n) is 14.3. The molecule has 1 atom stereocenters. The van der Waals surface area contributed by atoms with Crippen LogP contribution < -0.4 is 15.4 Å². The van der Waals surface area contributed by atoms with Crippen LogP contribution >= 0.6 is 23.2 Å². The highest BCUT2D eigenvalue weighted by molar-refractivity contribution is 6.32. The second-order valence-electron chi connectivity index (χ2n) is 12.0. The fourth-order valence-electron chi connectivity index (χ4n) is 5.88. The molecule has 238 valence electrons. The van der Waals surface area contributed by atoms with Gasteiger partial charge < -0.3 is 25.5 Å². The van der Waals surface area contributed by atoms with E-state index in [0.29, 0.717) is 29.4 Å². The first kappa shape index (κ1) is 32.6. The minimum atomic E-state index is -1.24. The number of aromatic amines is 1. The maximum absolute atomic E-state index is 15.4. The van der Waals surface area contributed by atoms with Crippen molar-refractivity contribution in [2.45, 2.75) is 45.7 Å². The molecule has 46 heavy (non-hydrogen) atoms. The normalized spacial score (nSPS) is 16.2. The first-order valence-corrected chi connectivity index (χ1v) is 15.1. The van der Waals surface area contributed by atoms with Gasteiger partial charge in [-0.25, -0.2) is 9.18 Å². The van der Waals surface area contributed by atoms with Gasteiger partial charge >= 0.3 is 6.09 Å². The number of nitrogens with zero attached hydrogens (tertiary/aromatic N) is 2. The van der Waals surface area contributed by atoms with Crippen LogP contribution in [0, 0.1) is 22.6 Å². The second kappa shape index (κ2) is 12.5. The van der Waals surface area contributed by atoms with Crippen LogP contribution in [0.4, 0.5) is 14.9 Å². The third-order valence-electron chi connectivity index (χ3n) is 8.14. The molecule has 0 spiro atoms. The number of halogens is 3. The number of carbonyl (C=O) groups is 3. The number of amides is 3. The molecule has 4 aromatic rings. The van der Waals surface area contributed by atoms with Gasteiger partial charge in [0, 0.05) is 40.3 Å². The van der Waals surface area contributed by atoms with Crippen molar-refractivity contribution in [2.75, 3.05) is 11.9 Å². The van der Waals surface area contributed by atoms with E-state index in [4.69, 9.17) is 27.9 Å². The van der Waals surface area contributed by atoms with Crippen molar-refractivity contribution >= 4 is 57.7 Å². The van der Waals surface area contributed by atoms with Crippen LogP contribution in [0.25, 0.3) is 10.9 Å². The highest BCUT2D eigenvalue weighted by atomic mass is 35.5. The quantitative estimate of drug-likeness (QED) is 0.159. The standard InChI is InChI=1S/C33H30Cl2FN5O5/c1-32(2,3)33(9-4-10-41(33)31(44)45)30(43)39-22-6-8-25-20(13-22)14-26(40-25)29(42)38-17-19-5-7-24(35)28(27(19)36)46-23-12-18(16-37)11-21(34)15-23/h5-8,11-15,40H,4,9-10,17H2,1-3H3,(H,38,42)(H,39,43)(H,44,45)/t33-/m1/s1. The topological polar surface area (TPSA) is 148 Å². The van der Waals surface area contributed by atoms with Crippen LogP contribution in [0.5, 0.6) is 11.5 Å². The highest BCUT2D eigenvalue weighted by Crippen LogP contribution is 2.45. The Balaban J connectivity index is 1.31. The number of H-pyrrole nitrogens is 1. The van der Waals surface area contributed by atoms with Gasteiger partial charge in [0.2, 0.25) is 0 Å². The van der Waals surface area contributed by atoms with Gasteiger partial charge in [0.25, 0.3) is 11.8 Å². The number of anilines is 1. The van der Waals surface area contributed by atoms with Crippen LogP contribution in [0.2, 0.25) is 10.0 Å². The van der Waals surface area contributed by atoms with Crippen LogP contribution in [0.1, 0.15) is 55.2 Å². The summed E-state index contributed by atoms with van der Waals surface area (Å²) in [6, 6.07) is 15.7. The number of benzene rings is 3. The molecule has 1 aliphatic rings. The molecule has 5 rings (SSSR count). The third-order valence-corrected chi connectivity index (χ3v) is 8.66. The first-order chi connectivity index (χ1) is 21.7. The molecule has 1 fully saturated rings. The molecule has 0 aliphatic carbocycles. The Bertz CT molecular complexity index is 1910. The Labute approximate surface area is 274 Å². The van der Waals surface area contributed by atoms with Crippen molar-refractivity contribution < 1.29 is 28.6 Å². The number of aromatic nitrogens is 1. The number of nitrogens with one attached hydrogen (secondary N) is 3. The van der Waals surface area contributed by atoms with E-state index in [1.165, 1.54) is 35.2 Å². The fourth-order valence-corrected chi connectivity index (χ4v) is 6.29. The number of hydrogen-bond acceptors (Lipinski definition) is 5. The van der Waals surface area contributed by atoms with Crippen molar-refractivity contribution in [3.8, 4) is 17.6 Å². The summed E-state index contributed by atoms with van der Waals surface area (Å²) in [4.78, 5) is 42.9. The zero-order chi connectivity index (χ0) is 33.4. The molecular formula is C33H30Cl2FN5O5. The largest absolute Gasteiger partial charge is 0.465 e. The summed E-state index contributed by atoms with van der Waals surface area (Å²) in [7, 11) is 0. The molecular weight excluding hydrogens is 636 g/mol. The van der Waals surface area contributed by atoms with Crippen LogP contribution in [-0.4, -0.2) is 45.0 Å². The van der Waals surface area contributed by atoms with Crippen molar-refractivity contribution in [2.24, 2.45) is 5.41 Å². The molecule has 0 radical (unpaired) electrons. The smallest absolute Gasteiger partial charge is 0.408 e. The van der Waals surface area contributed by atoms with E-state index < -0.39 is 34.7 Å². The number of likely N-dealkylation sites (tertiary alicyclic amines) is 1. The van der Waals surface area contributed by atoms with Crippen LogP contribution in [-0.2, 0) is 11.3 Å². The number of rotatable bonds is 7. The van der Waals surface area contributed by atoms with Gasteiger partial charge in [-0.1, -0.05) is 50.0 Å². The number of nitriles is 1. The molecule has 13 heteroatoms. The van der Waals surface area contributed by atoms with Crippen molar-refractivity contribution in [1.29, 1.82) is 5.26 Å². The summed E-state index contributed by atoms with van der Waals surface area (Å²) < 4.78 is 21.0. The molecule has 1 aliphatic heterocycles. The average molecular weight is 667 g/mol. The Morgan fingerprint density at radius 2 is 1.89 bits per heavy atom. The van der Waals surface area contributed by atoms with Crippen LogP contribution in [0.3, 0.4) is 0 Å². The van der Waals surface area contributed by atoms with Gasteiger partial charge in [0.15, 0.2) is 11.6 Å². The zero-order valence-corrected chi connectivity index (χ0v) is 26.6. The highest BCUT2D eigenvalue weighted by Gasteiger charge is 2.57. The number of hydrogen-bond donors (Lipinski definition) is 4. The SMILES string of the molecule is CC(C)(C)[C@]1(C(=O)Nc2ccc3[nH]c(C(=O)NCc4ccc(Cl)c(Oc5cc(Cl)cc(C#N)c5)c4F)cc3c2)CCCN1C(=O)O. The van der Waals surface area contributed by atoms with Gasteiger partial charge in [-0.2, -0.15) is 5.26 Å². The number of carbonyl (C=O) groups excluding carboxylic acids is 2. The summed E-state index contributed by atoms with van der Waals surface area (Å²) in [6.45, 7) is 5.63. The minimum absolute atomic E-state index is 0.0124. The van der Waals surface area contributed by atoms with E-state index in [1.807, 2.05) is 26.8 Å². The van der Waals surface area contributed by atoms with E-state index in [0.717, 1.165) is 0 Å². The van der Waals surface area contributed by atoms with E-state index >= 15 is 4.39 Å². The zero-order valence-electron chi connectivity index (χ0n) is 25.1. The van der Waals surface area contributed by atoms with Crippen molar-refractivity contribution in [3.05, 3.63) is 87.3 Å². The predicted molar refractivity (Wildman–Crippen MR) is 172 cm³/mol. The lowest BCUT2D eigenvalue weighted by Gasteiger charge is -2.45. The van der Waals surface area contributed by atoms with Crippen LogP contribution in [0.15, 0.2) is 54.6 Å². The molecule has 3 amide bonds. The molecule has 1 saturated heterocycles. The second-order valence-corrected chi connectivity index (χ2v) is 12.9. The Morgan fingerprint density at radius 1 is 1.13 bits per heavy atom. The molecule has 1 aromatic heterocycles.